The molecular weight excluding hydrogens is 411 g/mol. The highest BCUT2D eigenvalue weighted by Gasteiger charge is 2.51. The van der Waals surface area contributed by atoms with Crippen LogP contribution in [0.4, 0.5) is 13.2 Å². The summed E-state index contributed by atoms with van der Waals surface area (Å²) in [6, 6.07) is 9.29. The Morgan fingerprint density at radius 3 is 2.44 bits per heavy atom. The van der Waals surface area contributed by atoms with Gasteiger partial charge in [0.05, 0.1) is 18.0 Å². The molecule has 144 valence electrons. The lowest BCUT2D eigenvalue weighted by molar-refractivity contribution is -0.00327. The lowest BCUT2D eigenvalue weighted by Crippen LogP contribution is -2.47. The van der Waals surface area contributed by atoms with Gasteiger partial charge in [0, 0.05) is 23.0 Å². The molecule has 0 aliphatic carbocycles. The van der Waals surface area contributed by atoms with Gasteiger partial charge < -0.3 is 9.47 Å². The second-order valence-corrected chi connectivity index (χ2v) is 10.6. The van der Waals surface area contributed by atoms with Gasteiger partial charge in [-0.25, -0.2) is 13.2 Å². The monoisotopic (exact) mass is 430 g/mol. The van der Waals surface area contributed by atoms with Crippen LogP contribution in [0.3, 0.4) is 0 Å². The normalized spacial score (nSPS) is 24.7. The molecule has 2 heterocycles. The molecular formula is C19H19F3O2P2S. The van der Waals surface area contributed by atoms with Crippen molar-refractivity contribution in [2.45, 2.75) is 21.2 Å². The molecule has 0 N–H and O–H groups in total. The number of benzene rings is 2. The van der Waals surface area contributed by atoms with Crippen LogP contribution >= 0.6 is 30.2 Å². The van der Waals surface area contributed by atoms with Crippen molar-refractivity contribution in [3.05, 3.63) is 59.2 Å². The molecule has 8 heteroatoms. The molecule has 0 amide bonds. The highest BCUT2D eigenvalue weighted by Crippen LogP contribution is 2.57. The van der Waals surface area contributed by atoms with Crippen LogP contribution in [0.2, 0.25) is 0 Å². The molecule has 2 aromatic rings. The zero-order valence-electron chi connectivity index (χ0n) is 14.4. The third-order valence-corrected chi connectivity index (χ3v) is 7.38. The second kappa shape index (κ2) is 7.22. The quantitative estimate of drug-likeness (QED) is 0.623. The van der Waals surface area contributed by atoms with Gasteiger partial charge >= 0.3 is 0 Å². The number of halogens is 3. The van der Waals surface area contributed by atoms with E-state index >= 15 is 0 Å². The van der Waals surface area contributed by atoms with Crippen molar-refractivity contribution in [2.75, 3.05) is 19.8 Å². The number of thioether (sulfide) groups is 1. The van der Waals surface area contributed by atoms with Crippen molar-refractivity contribution in [3.63, 3.8) is 0 Å². The number of alkyl halides is 1. The van der Waals surface area contributed by atoms with Gasteiger partial charge in [-0.1, -0.05) is 30.6 Å². The molecule has 0 aromatic heterocycles. The van der Waals surface area contributed by atoms with E-state index in [9.17, 15) is 13.2 Å². The van der Waals surface area contributed by atoms with Gasteiger partial charge in [0.25, 0.3) is 0 Å². The molecule has 1 fully saturated rings. The smallest absolute Gasteiger partial charge is 0.165 e. The van der Waals surface area contributed by atoms with E-state index < -0.39 is 21.5 Å². The first-order valence-corrected chi connectivity index (χ1v) is 10.5. The second-order valence-electron chi connectivity index (χ2n) is 6.85. The SMILES string of the molecule is Fc1ccc(F)c2c1OCC1COCC[C@@]21Sc1ccc(C(F)(P)P)cc1. The molecule has 0 radical (unpaired) electrons. The summed E-state index contributed by atoms with van der Waals surface area (Å²) < 4.78 is 53.7. The molecule has 2 aliphatic heterocycles. The zero-order chi connectivity index (χ0) is 19.2. The van der Waals surface area contributed by atoms with Crippen LogP contribution in [0.25, 0.3) is 0 Å². The standard InChI is InChI=1S/C19H19F3O2P2S/c20-14-5-6-15(21)17-16(14)18(7-8-23-9-12(18)10-24-17)27-13-3-1-11(2-4-13)19(22,25)26/h1-6,12H,7-10,25-26H2/t12?,18-/m0/s1. The molecule has 0 spiro atoms. The Bertz CT molecular complexity index is 857. The van der Waals surface area contributed by atoms with E-state index in [0.717, 1.165) is 17.0 Å². The lowest BCUT2D eigenvalue weighted by atomic mass is 9.79. The van der Waals surface area contributed by atoms with Crippen LogP contribution in [0.15, 0.2) is 41.3 Å². The van der Waals surface area contributed by atoms with E-state index in [1.165, 1.54) is 11.8 Å². The molecule has 27 heavy (non-hydrogen) atoms. The number of rotatable bonds is 3. The Hall–Kier alpha value is -0.800. The Balaban J connectivity index is 1.78. The number of hydrogen-bond acceptors (Lipinski definition) is 3. The predicted octanol–water partition coefficient (Wildman–Crippen LogP) is 5.21. The first-order valence-electron chi connectivity index (χ1n) is 8.56. The van der Waals surface area contributed by atoms with Gasteiger partial charge in [0.15, 0.2) is 16.7 Å². The highest BCUT2D eigenvalue weighted by molar-refractivity contribution is 8.00. The third kappa shape index (κ3) is 3.51. The van der Waals surface area contributed by atoms with E-state index in [1.807, 2.05) is 12.1 Å². The molecule has 2 aromatic carbocycles. The van der Waals surface area contributed by atoms with E-state index in [0.29, 0.717) is 25.2 Å². The first kappa shape index (κ1) is 19.5. The largest absolute Gasteiger partial charge is 0.490 e. The summed E-state index contributed by atoms with van der Waals surface area (Å²) in [7, 11) is 4.27. The predicted molar refractivity (Wildman–Crippen MR) is 107 cm³/mol. The maximum atomic E-state index is 14.8. The minimum absolute atomic E-state index is 0.00467. The van der Waals surface area contributed by atoms with Crippen molar-refractivity contribution in [3.8, 4) is 5.75 Å². The summed E-state index contributed by atoms with van der Waals surface area (Å²) in [5.41, 5.74) is 0.778. The molecule has 2 nitrogen and oxygen atoms in total. The molecule has 0 bridgehead atoms. The Kier molecular flexibility index (Phi) is 5.22. The van der Waals surface area contributed by atoms with Crippen molar-refractivity contribution >= 4 is 30.2 Å². The van der Waals surface area contributed by atoms with Crippen LogP contribution < -0.4 is 4.74 Å². The summed E-state index contributed by atoms with van der Waals surface area (Å²) in [5.74, 6) is -1.14. The van der Waals surface area contributed by atoms with E-state index in [4.69, 9.17) is 9.47 Å². The Morgan fingerprint density at radius 1 is 1.04 bits per heavy atom. The highest BCUT2D eigenvalue weighted by atomic mass is 32.2. The molecule has 2 aliphatic rings. The van der Waals surface area contributed by atoms with Crippen LogP contribution in [0, 0.1) is 17.6 Å². The fraction of sp³-hybridized carbons (Fsp3) is 0.368. The van der Waals surface area contributed by atoms with Gasteiger partial charge in [-0.15, -0.1) is 11.8 Å². The van der Waals surface area contributed by atoms with Gasteiger partial charge in [-0.2, -0.15) is 0 Å². The molecule has 3 unspecified atom stereocenters. The van der Waals surface area contributed by atoms with Crippen molar-refractivity contribution in [2.24, 2.45) is 5.92 Å². The molecule has 1 saturated heterocycles. The summed E-state index contributed by atoms with van der Waals surface area (Å²) in [6.45, 7) is 1.15. The average molecular weight is 430 g/mol. The number of hydrogen-bond donors (Lipinski definition) is 0. The van der Waals surface area contributed by atoms with Gasteiger partial charge in [0.2, 0.25) is 0 Å². The minimum Gasteiger partial charge on any atom is -0.490 e. The molecule has 4 atom stereocenters. The van der Waals surface area contributed by atoms with E-state index in [1.54, 1.807) is 12.1 Å². The van der Waals surface area contributed by atoms with Crippen LogP contribution in [0.1, 0.15) is 17.5 Å². The van der Waals surface area contributed by atoms with E-state index in [-0.39, 0.29) is 23.8 Å². The number of fused-ring (bicyclic) bond motifs is 3. The summed E-state index contributed by atoms with van der Waals surface area (Å²) >= 11 is 1.48. The minimum atomic E-state index is -1.59. The fourth-order valence-corrected chi connectivity index (χ4v) is 5.58. The maximum absolute atomic E-state index is 14.8. The summed E-state index contributed by atoms with van der Waals surface area (Å²) in [5, 5.41) is -1.59. The van der Waals surface area contributed by atoms with Gasteiger partial charge in [-0.3, -0.25) is 0 Å². The van der Waals surface area contributed by atoms with Crippen LogP contribution in [-0.2, 0) is 14.6 Å². The van der Waals surface area contributed by atoms with Crippen molar-refractivity contribution in [1.29, 1.82) is 0 Å². The van der Waals surface area contributed by atoms with Crippen molar-refractivity contribution < 1.29 is 22.6 Å². The fourth-order valence-electron chi connectivity index (χ4n) is 3.73. The first-order chi connectivity index (χ1) is 12.8. The average Bonchev–Trinajstić information content (AvgIpc) is 2.63. The number of ether oxygens (including phenoxy) is 2. The third-order valence-electron chi connectivity index (χ3n) is 5.10. The molecule has 4 rings (SSSR count). The zero-order valence-corrected chi connectivity index (χ0v) is 17.5. The van der Waals surface area contributed by atoms with Crippen molar-refractivity contribution in [1.82, 2.24) is 0 Å². The summed E-state index contributed by atoms with van der Waals surface area (Å²) in [4.78, 5) is 0.862. The molecule has 0 saturated carbocycles. The lowest BCUT2D eigenvalue weighted by Gasteiger charge is -2.47. The maximum Gasteiger partial charge on any atom is 0.165 e. The summed E-state index contributed by atoms with van der Waals surface area (Å²) in [6.07, 6.45) is 0.543. The Morgan fingerprint density at radius 2 is 1.74 bits per heavy atom. The van der Waals surface area contributed by atoms with Gasteiger partial charge in [0.1, 0.15) is 5.82 Å². The van der Waals surface area contributed by atoms with Crippen LogP contribution in [-0.4, -0.2) is 19.8 Å². The van der Waals surface area contributed by atoms with Crippen LogP contribution in [0.5, 0.6) is 5.75 Å². The van der Waals surface area contributed by atoms with E-state index in [2.05, 4.69) is 18.5 Å². The Labute approximate surface area is 165 Å². The van der Waals surface area contributed by atoms with Gasteiger partial charge in [-0.05, 0) is 36.2 Å². The topological polar surface area (TPSA) is 18.5 Å².